The molecule has 2 saturated carbocycles. The van der Waals surface area contributed by atoms with Crippen LogP contribution < -0.4 is 0 Å². The summed E-state index contributed by atoms with van der Waals surface area (Å²) in [7, 11) is 0. The molecule has 0 aromatic rings. The van der Waals surface area contributed by atoms with Gasteiger partial charge in [0.05, 0.1) is 0 Å². The average Bonchev–Trinajstić information content (AvgIpc) is 2.60. The van der Waals surface area contributed by atoms with Crippen LogP contribution in [0.25, 0.3) is 0 Å². The predicted molar refractivity (Wildman–Crippen MR) is 96.3 cm³/mol. The Bertz CT molecular complexity index is 325. The van der Waals surface area contributed by atoms with Crippen molar-refractivity contribution in [2.75, 3.05) is 0 Å². The standard InChI is InChI=1S/C21H38O2/c1-3-8-17(4-2)11-16-21(22)23-20-14-12-19(13-15-20)18-9-6-5-7-10-18/h17-20H,3-16H2,1-2H3. The number of carbonyl (C=O) groups is 1. The Hall–Kier alpha value is -0.530. The first-order chi connectivity index (χ1) is 11.2. The summed E-state index contributed by atoms with van der Waals surface area (Å²) in [6.07, 6.45) is 17.5. The second-order valence-corrected chi connectivity index (χ2v) is 8.03. The lowest BCUT2D eigenvalue weighted by atomic mass is 9.73. The molecule has 0 aliphatic heterocycles. The molecule has 0 aromatic heterocycles. The van der Waals surface area contributed by atoms with E-state index in [-0.39, 0.29) is 12.1 Å². The average molecular weight is 323 g/mol. The summed E-state index contributed by atoms with van der Waals surface area (Å²) in [5.41, 5.74) is 0. The van der Waals surface area contributed by atoms with E-state index < -0.39 is 0 Å². The Morgan fingerprint density at radius 1 is 0.913 bits per heavy atom. The summed E-state index contributed by atoms with van der Waals surface area (Å²) in [5, 5.41) is 0. The van der Waals surface area contributed by atoms with Crippen LogP contribution >= 0.6 is 0 Å². The van der Waals surface area contributed by atoms with Crippen LogP contribution in [-0.4, -0.2) is 12.1 Å². The van der Waals surface area contributed by atoms with E-state index >= 15 is 0 Å². The fraction of sp³-hybridized carbons (Fsp3) is 0.952. The third-order valence-electron chi connectivity index (χ3n) is 6.36. The number of carbonyl (C=O) groups excluding carboxylic acids is 1. The van der Waals surface area contributed by atoms with E-state index in [2.05, 4.69) is 13.8 Å². The lowest BCUT2D eigenvalue weighted by molar-refractivity contribution is -0.151. The van der Waals surface area contributed by atoms with E-state index in [1.807, 2.05) is 0 Å². The summed E-state index contributed by atoms with van der Waals surface area (Å²) in [4.78, 5) is 12.1. The molecule has 2 rings (SSSR count). The van der Waals surface area contributed by atoms with E-state index in [1.165, 1.54) is 64.2 Å². The molecule has 134 valence electrons. The van der Waals surface area contributed by atoms with E-state index in [1.54, 1.807) is 0 Å². The second kappa shape index (κ2) is 10.4. The zero-order valence-electron chi connectivity index (χ0n) is 15.5. The number of rotatable bonds is 8. The molecule has 0 amide bonds. The van der Waals surface area contributed by atoms with Crippen LogP contribution in [0, 0.1) is 17.8 Å². The molecule has 0 aromatic carbocycles. The number of hydrogen-bond donors (Lipinski definition) is 0. The largest absolute Gasteiger partial charge is 0.462 e. The molecule has 2 aliphatic rings. The first kappa shape index (κ1) is 18.8. The molecule has 0 spiro atoms. The topological polar surface area (TPSA) is 26.3 Å². The van der Waals surface area contributed by atoms with Gasteiger partial charge in [0.15, 0.2) is 0 Å². The fourth-order valence-corrected chi connectivity index (χ4v) is 4.81. The van der Waals surface area contributed by atoms with Gasteiger partial charge in [-0.3, -0.25) is 4.79 Å². The molecule has 0 saturated heterocycles. The van der Waals surface area contributed by atoms with Crippen molar-refractivity contribution in [2.45, 2.75) is 110 Å². The Morgan fingerprint density at radius 2 is 1.57 bits per heavy atom. The van der Waals surface area contributed by atoms with Crippen molar-refractivity contribution in [3.05, 3.63) is 0 Å². The van der Waals surface area contributed by atoms with Crippen molar-refractivity contribution in [3.8, 4) is 0 Å². The molecule has 2 aliphatic carbocycles. The Kier molecular flexibility index (Phi) is 8.47. The number of ether oxygens (including phenoxy) is 1. The van der Waals surface area contributed by atoms with Crippen LogP contribution in [-0.2, 0) is 9.53 Å². The molecule has 23 heavy (non-hydrogen) atoms. The van der Waals surface area contributed by atoms with E-state index in [0.29, 0.717) is 12.3 Å². The molecule has 0 radical (unpaired) electrons. The van der Waals surface area contributed by atoms with E-state index in [0.717, 1.165) is 31.1 Å². The SMILES string of the molecule is CCCC(CC)CCC(=O)OC1CCC(C2CCCCC2)CC1. The molecule has 2 fully saturated rings. The zero-order valence-corrected chi connectivity index (χ0v) is 15.5. The molecule has 2 nitrogen and oxygen atoms in total. The van der Waals surface area contributed by atoms with Gasteiger partial charge in [0.25, 0.3) is 0 Å². The van der Waals surface area contributed by atoms with Crippen molar-refractivity contribution < 1.29 is 9.53 Å². The highest BCUT2D eigenvalue weighted by Crippen LogP contribution is 2.38. The minimum Gasteiger partial charge on any atom is -0.462 e. The van der Waals surface area contributed by atoms with Crippen molar-refractivity contribution in [3.63, 3.8) is 0 Å². The maximum absolute atomic E-state index is 12.1. The third kappa shape index (κ3) is 6.47. The molecule has 0 heterocycles. The van der Waals surface area contributed by atoms with Crippen LogP contribution in [0.2, 0.25) is 0 Å². The molecule has 0 bridgehead atoms. The first-order valence-electron chi connectivity index (χ1n) is 10.4. The van der Waals surface area contributed by atoms with Gasteiger partial charge in [0, 0.05) is 6.42 Å². The lowest BCUT2D eigenvalue weighted by Gasteiger charge is -2.35. The molecule has 2 heteroatoms. The van der Waals surface area contributed by atoms with Gasteiger partial charge in [-0.05, 0) is 49.9 Å². The van der Waals surface area contributed by atoms with Gasteiger partial charge in [-0.1, -0.05) is 65.2 Å². The normalized spacial score (nSPS) is 27.6. The monoisotopic (exact) mass is 322 g/mol. The van der Waals surface area contributed by atoms with Crippen LogP contribution in [0.3, 0.4) is 0 Å². The zero-order chi connectivity index (χ0) is 16.5. The summed E-state index contributed by atoms with van der Waals surface area (Å²) >= 11 is 0. The number of hydrogen-bond acceptors (Lipinski definition) is 2. The fourth-order valence-electron chi connectivity index (χ4n) is 4.81. The molecular weight excluding hydrogens is 284 g/mol. The van der Waals surface area contributed by atoms with Crippen LogP contribution in [0.4, 0.5) is 0 Å². The van der Waals surface area contributed by atoms with Crippen LogP contribution in [0.1, 0.15) is 104 Å². The van der Waals surface area contributed by atoms with Crippen molar-refractivity contribution >= 4 is 5.97 Å². The van der Waals surface area contributed by atoms with Gasteiger partial charge in [-0.25, -0.2) is 0 Å². The van der Waals surface area contributed by atoms with Gasteiger partial charge in [-0.2, -0.15) is 0 Å². The van der Waals surface area contributed by atoms with Gasteiger partial charge in [0.2, 0.25) is 0 Å². The summed E-state index contributed by atoms with van der Waals surface area (Å²) in [6.45, 7) is 4.46. The smallest absolute Gasteiger partial charge is 0.306 e. The summed E-state index contributed by atoms with van der Waals surface area (Å²) < 4.78 is 5.76. The second-order valence-electron chi connectivity index (χ2n) is 8.03. The highest BCUT2D eigenvalue weighted by molar-refractivity contribution is 5.69. The molecule has 0 N–H and O–H groups in total. The van der Waals surface area contributed by atoms with Gasteiger partial charge in [0.1, 0.15) is 6.10 Å². The molecule has 1 unspecified atom stereocenters. The Morgan fingerprint density at radius 3 is 2.17 bits per heavy atom. The minimum absolute atomic E-state index is 0.0562. The number of esters is 1. The molecular formula is C21H38O2. The van der Waals surface area contributed by atoms with Gasteiger partial charge < -0.3 is 4.74 Å². The first-order valence-corrected chi connectivity index (χ1v) is 10.4. The van der Waals surface area contributed by atoms with Gasteiger partial charge in [-0.15, -0.1) is 0 Å². The highest BCUT2D eigenvalue weighted by atomic mass is 16.5. The van der Waals surface area contributed by atoms with Crippen molar-refractivity contribution in [1.82, 2.24) is 0 Å². The third-order valence-corrected chi connectivity index (χ3v) is 6.36. The quantitative estimate of drug-likeness (QED) is 0.492. The Balaban J connectivity index is 1.62. The maximum Gasteiger partial charge on any atom is 0.306 e. The van der Waals surface area contributed by atoms with E-state index in [9.17, 15) is 4.79 Å². The van der Waals surface area contributed by atoms with Crippen LogP contribution in [0.5, 0.6) is 0 Å². The molecule has 1 atom stereocenters. The van der Waals surface area contributed by atoms with Gasteiger partial charge >= 0.3 is 5.97 Å². The summed E-state index contributed by atoms with van der Waals surface area (Å²) in [5.74, 6) is 2.65. The van der Waals surface area contributed by atoms with Crippen molar-refractivity contribution in [1.29, 1.82) is 0 Å². The minimum atomic E-state index is 0.0562. The van der Waals surface area contributed by atoms with E-state index in [4.69, 9.17) is 4.74 Å². The lowest BCUT2D eigenvalue weighted by Crippen LogP contribution is -2.28. The Labute approximate surface area is 143 Å². The van der Waals surface area contributed by atoms with Crippen molar-refractivity contribution in [2.24, 2.45) is 17.8 Å². The highest BCUT2D eigenvalue weighted by Gasteiger charge is 2.29. The maximum atomic E-state index is 12.1. The predicted octanol–water partition coefficient (Wildman–Crippen LogP) is 6.28. The summed E-state index contributed by atoms with van der Waals surface area (Å²) in [6, 6.07) is 0. The van der Waals surface area contributed by atoms with Crippen LogP contribution in [0.15, 0.2) is 0 Å².